The average Bonchev–Trinajstić information content (AvgIpc) is 3.17. The van der Waals surface area contributed by atoms with E-state index in [1.807, 2.05) is 43.0 Å². The van der Waals surface area contributed by atoms with E-state index in [1.54, 1.807) is 24.0 Å². The van der Waals surface area contributed by atoms with Gasteiger partial charge in [0, 0.05) is 32.7 Å². The van der Waals surface area contributed by atoms with Crippen molar-refractivity contribution in [2.75, 3.05) is 45.9 Å². The molecule has 4 rings (SSSR count). The van der Waals surface area contributed by atoms with E-state index in [9.17, 15) is 29.1 Å². The molecular formula is C30H38N4O7. The molecule has 1 unspecified atom stereocenters. The van der Waals surface area contributed by atoms with Gasteiger partial charge in [-0.25, -0.2) is 0 Å². The van der Waals surface area contributed by atoms with Crippen LogP contribution in [-0.4, -0.2) is 107 Å². The third kappa shape index (κ3) is 7.09. The van der Waals surface area contributed by atoms with Gasteiger partial charge in [-0.05, 0) is 48.6 Å². The van der Waals surface area contributed by atoms with Gasteiger partial charge >= 0.3 is 11.9 Å². The Hall–Kier alpha value is -3.83. The number of hydrogen-bond acceptors (Lipinski definition) is 8. The topological polar surface area (TPSA) is 137 Å². The minimum atomic E-state index is -1.16. The third-order valence-electron chi connectivity index (χ3n) is 7.53. The molecule has 11 heteroatoms. The molecule has 2 heterocycles. The molecule has 11 nitrogen and oxygen atoms in total. The molecule has 0 aromatic heterocycles. The molecule has 0 aliphatic carbocycles. The molecule has 41 heavy (non-hydrogen) atoms. The van der Waals surface area contributed by atoms with Crippen LogP contribution in [0.1, 0.15) is 54.3 Å². The van der Waals surface area contributed by atoms with Crippen LogP contribution in [-0.2, 0) is 19.1 Å². The Bertz CT molecular complexity index is 1260. The van der Waals surface area contributed by atoms with Crippen LogP contribution in [0.3, 0.4) is 0 Å². The molecule has 0 spiro atoms. The number of carboxylic acid groups (broad SMARTS) is 1. The minimum absolute atomic E-state index is 0.0461. The second-order valence-corrected chi connectivity index (χ2v) is 10.9. The van der Waals surface area contributed by atoms with Crippen molar-refractivity contribution < 1.29 is 33.8 Å². The number of aliphatic carboxylic acids is 1. The number of nitrogens with one attached hydrogen (secondary N) is 1. The van der Waals surface area contributed by atoms with Crippen molar-refractivity contribution in [3.63, 3.8) is 0 Å². The molecule has 2 aromatic rings. The number of esters is 1. The minimum Gasteiger partial charge on any atom is -0.480 e. The van der Waals surface area contributed by atoms with Crippen LogP contribution in [0.4, 0.5) is 0 Å². The first-order valence-corrected chi connectivity index (χ1v) is 14.1. The van der Waals surface area contributed by atoms with E-state index < -0.39 is 29.9 Å². The number of carbonyl (C=O) groups is 5. The smallest absolute Gasteiger partial charge is 0.320 e. The quantitative estimate of drug-likeness (QED) is 0.292. The predicted molar refractivity (Wildman–Crippen MR) is 151 cm³/mol. The van der Waals surface area contributed by atoms with Gasteiger partial charge in [-0.3, -0.25) is 39.1 Å². The van der Waals surface area contributed by atoms with Crippen molar-refractivity contribution in [1.29, 1.82) is 0 Å². The van der Waals surface area contributed by atoms with E-state index >= 15 is 0 Å². The first-order chi connectivity index (χ1) is 19.6. The number of imide groups is 1. The van der Waals surface area contributed by atoms with Gasteiger partial charge in [-0.2, -0.15) is 0 Å². The highest BCUT2D eigenvalue weighted by Gasteiger charge is 2.37. The number of amides is 3. The van der Waals surface area contributed by atoms with Gasteiger partial charge in [0.2, 0.25) is 5.91 Å². The maximum atomic E-state index is 13.5. The van der Waals surface area contributed by atoms with Gasteiger partial charge in [0.05, 0.1) is 30.3 Å². The second-order valence-electron chi connectivity index (χ2n) is 10.9. The fraction of sp³-hybridized carbons (Fsp3) is 0.500. The number of fused-ring (bicyclic) bond motifs is 2. The first kappa shape index (κ1) is 30.1. The summed E-state index contributed by atoms with van der Waals surface area (Å²) in [6, 6.07) is 8.95. The normalized spacial score (nSPS) is 17.2. The molecule has 0 radical (unpaired) electrons. The number of rotatable bonds is 12. The maximum absolute atomic E-state index is 13.5. The second kappa shape index (κ2) is 13.2. The Morgan fingerprint density at radius 1 is 0.951 bits per heavy atom. The van der Waals surface area contributed by atoms with Crippen LogP contribution < -0.4 is 5.32 Å². The summed E-state index contributed by atoms with van der Waals surface area (Å²) in [5.74, 6) is -2.45. The van der Waals surface area contributed by atoms with Crippen molar-refractivity contribution in [2.45, 2.75) is 45.7 Å². The zero-order chi connectivity index (χ0) is 29.7. The van der Waals surface area contributed by atoms with Gasteiger partial charge in [0.1, 0.15) is 6.04 Å². The van der Waals surface area contributed by atoms with Crippen LogP contribution in [0.2, 0.25) is 0 Å². The van der Waals surface area contributed by atoms with E-state index in [2.05, 4.69) is 5.32 Å². The van der Waals surface area contributed by atoms with E-state index in [0.29, 0.717) is 50.3 Å². The number of carbonyl (C=O) groups excluding carboxylic acids is 4. The fourth-order valence-electron chi connectivity index (χ4n) is 5.41. The molecule has 1 fully saturated rings. The Morgan fingerprint density at radius 2 is 1.54 bits per heavy atom. The van der Waals surface area contributed by atoms with Gasteiger partial charge in [0.25, 0.3) is 11.8 Å². The zero-order valence-corrected chi connectivity index (χ0v) is 23.8. The SMILES string of the molecule is CCOC(=O)CN1CCN(C(=O)[C@@H](CC(C)C)NC(CCN2C(=O)c3cc4ccccc4cc3C2=O)C(=O)O)CC1. The summed E-state index contributed by atoms with van der Waals surface area (Å²) in [7, 11) is 0. The molecule has 2 atom stereocenters. The Balaban J connectivity index is 1.40. The average molecular weight is 567 g/mol. The van der Waals surface area contributed by atoms with Crippen molar-refractivity contribution >= 4 is 40.4 Å². The standard InChI is InChI=1S/C30H38N4O7/c1-4-41-26(35)18-32-11-13-33(14-12-32)29(38)25(15-19(2)3)31-24(30(39)40)9-10-34-27(36)22-16-20-7-5-6-8-21(20)17-23(22)28(34)37/h5-8,16-17,19,24-25,31H,4,9-15,18H2,1-3H3,(H,39,40)/t24?,25-/m1/s1. The highest BCUT2D eigenvalue weighted by atomic mass is 16.5. The lowest BCUT2D eigenvalue weighted by atomic mass is 10.0. The van der Waals surface area contributed by atoms with Crippen LogP contribution in [0, 0.1) is 5.92 Å². The van der Waals surface area contributed by atoms with E-state index in [4.69, 9.17) is 4.74 Å². The Kier molecular flexibility index (Phi) is 9.72. The predicted octanol–water partition coefficient (Wildman–Crippen LogP) is 1.99. The highest BCUT2D eigenvalue weighted by molar-refractivity contribution is 6.23. The van der Waals surface area contributed by atoms with Crippen molar-refractivity contribution in [1.82, 2.24) is 20.0 Å². The lowest BCUT2D eigenvalue weighted by Crippen LogP contribution is -2.57. The molecule has 2 aliphatic heterocycles. The zero-order valence-electron chi connectivity index (χ0n) is 23.8. The first-order valence-electron chi connectivity index (χ1n) is 14.1. The molecule has 0 bridgehead atoms. The summed E-state index contributed by atoms with van der Waals surface area (Å²) in [6.45, 7) is 7.89. The van der Waals surface area contributed by atoms with Crippen LogP contribution in [0.15, 0.2) is 36.4 Å². The number of benzene rings is 2. The largest absolute Gasteiger partial charge is 0.480 e. The number of nitrogens with zero attached hydrogens (tertiary/aromatic N) is 3. The molecule has 2 aromatic carbocycles. The Labute approximate surface area is 239 Å². The summed E-state index contributed by atoms with van der Waals surface area (Å²) < 4.78 is 5.00. The van der Waals surface area contributed by atoms with Gasteiger partial charge in [0.15, 0.2) is 0 Å². The van der Waals surface area contributed by atoms with E-state index in [0.717, 1.165) is 15.7 Å². The number of ether oxygens (including phenoxy) is 1. The summed E-state index contributed by atoms with van der Waals surface area (Å²) in [5.41, 5.74) is 0.618. The van der Waals surface area contributed by atoms with Crippen LogP contribution in [0.5, 0.6) is 0 Å². The molecule has 2 N–H and O–H groups in total. The number of carboxylic acids is 1. The summed E-state index contributed by atoms with van der Waals surface area (Å²) in [5, 5.41) is 14.7. The van der Waals surface area contributed by atoms with Crippen LogP contribution >= 0.6 is 0 Å². The van der Waals surface area contributed by atoms with Gasteiger partial charge in [-0.1, -0.05) is 38.1 Å². The molecular weight excluding hydrogens is 528 g/mol. The monoisotopic (exact) mass is 566 g/mol. The summed E-state index contributed by atoms with van der Waals surface area (Å²) in [4.78, 5) is 68.4. The molecule has 3 amide bonds. The summed E-state index contributed by atoms with van der Waals surface area (Å²) >= 11 is 0. The van der Waals surface area contributed by atoms with E-state index in [1.165, 1.54) is 0 Å². The summed E-state index contributed by atoms with van der Waals surface area (Å²) in [6.07, 6.45) is 0.376. The highest BCUT2D eigenvalue weighted by Crippen LogP contribution is 2.28. The Morgan fingerprint density at radius 3 is 2.05 bits per heavy atom. The lowest BCUT2D eigenvalue weighted by molar-refractivity contribution is -0.145. The van der Waals surface area contributed by atoms with Gasteiger partial charge in [-0.15, -0.1) is 0 Å². The molecule has 2 aliphatic rings. The van der Waals surface area contributed by atoms with Crippen molar-refractivity contribution in [2.24, 2.45) is 5.92 Å². The number of hydrogen-bond donors (Lipinski definition) is 2. The molecule has 220 valence electrons. The van der Waals surface area contributed by atoms with Crippen molar-refractivity contribution in [3.05, 3.63) is 47.5 Å². The van der Waals surface area contributed by atoms with Crippen LogP contribution in [0.25, 0.3) is 10.8 Å². The fourth-order valence-corrected chi connectivity index (χ4v) is 5.41. The third-order valence-corrected chi connectivity index (χ3v) is 7.53. The molecule has 1 saturated heterocycles. The van der Waals surface area contributed by atoms with Gasteiger partial charge < -0.3 is 14.7 Å². The molecule has 0 saturated carbocycles. The van der Waals surface area contributed by atoms with Crippen molar-refractivity contribution in [3.8, 4) is 0 Å². The number of piperazine rings is 1. The lowest BCUT2D eigenvalue weighted by Gasteiger charge is -2.37. The maximum Gasteiger partial charge on any atom is 0.320 e. The van der Waals surface area contributed by atoms with E-state index in [-0.39, 0.29) is 37.3 Å².